The predicted octanol–water partition coefficient (Wildman–Crippen LogP) is 3.40. The lowest BCUT2D eigenvalue weighted by Crippen LogP contribution is -2.29. The summed E-state index contributed by atoms with van der Waals surface area (Å²) in [6.07, 6.45) is -5.03. The highest BCUT2D eigenvalue weighted by atomic mass is 19.4. The molecule has 3 aromatic rings. The highest BCUT2D eigenvalue weighted by Crippen LogP contribution is 2.23. The molecule has 0 atom stereocenters. The lowest BCUT2D eigenvalue weighted by Gasteiger charge is -2.08. The normalized spacial score (nSPS) is 11.0. The first kappa shape index (κ1) is 20.4. The average molecular weight is 421 g/mol. The van der Waals surface area contributed by atoms with Gasteiger partial charge in [0.05, 0.1) is 4.92 Å². The molecule has 0 unspecified atom stereocenters. The van der Waals surface area contributed by atoms with Crippen molar-refractivity contribution in [1.29, 1.82) is 0 Å². The molecule has 0 radical (unpaired) electrons. The third-order valence-electron chi connectivity index (χ3n) is 3.63. The number of nitrogens with one attached hydrogen (secondary N) is 2. The van der Waals surface area contributed by atoms with Crippen LogP contribution in [0.1, 0.15) is 10.4 Å². The highest BCUT2D eigenvalue weighted by Gasteiger charge is 2.38. The van der Waals surface area contributed by atoms with E-state index in [9.17, 15) is 32.9 Å². The zero-order chi connectivity index (χ0) is 21.9. The molecule has 2 N–H and O–H groups in total. The molecule has 0 spiro atoms. The van der Waals surface area contributed by atoms with Gasteiger partial charge in [-0.15, -0.1) is 5.10 Å². The maximum atomic E-state index is 12.2. The molecular formula is C17H10F3N5O5. The number of nitro benzene ring substituents is 1. The summed E-state index contributed by atoms with van der Waals surface area (Å²) in [5.41, 5.74) is 0.169. The maximum absolute atomic E-state index is 12.2. The van der Waals surface area contributed by atoms with E-state index in [0.29, 0.717) is 5.56 Å². The number of benzene rings is 2. The van der Waals surface area contributed by atoms with Crippen LogP contribution in [-0.4, -0.2) is 33.1 Å². The second-order valence-corrected chi connectivity index (χ2v) is 5.70. The Hall–Kier alpha value is -4.29. The van der Waals surface area contributed by atoms with Gasteiger partial charge in [-0.05, 0) is 36.4 Å². The number of amides is 2. The second kappa shape index (κ2) is 7.98. The van der Waals surface area contributed by atoms with E-state index in [4.69, 9.17) is 4.42 Å². The number of halogens is 3. The number of alkyl halides is 3. The zero-order valence-electron chi connectivity index (χ0n) is 14.6. The molecule has 0 saturated heterocycles. The SMILES string of the molecule is O=C(Nc1nnc(-c2ccc([N+](=O)[O-])cc2)o1)c1ccc(NC(=O)C(F)(F)F)cc1. The lowest BCUT2D eigenvalue weighted by molar-refractivity contribution is -0.384. The van der Waals surface area contributed by atoms with Crippen LogP contribution in [0, 0.1) is 10.1 Å². The Morgan fingerprint density at radius 1 is 0.967 bits per heavy atom. The number of carbonyl (C=O) groups is 2. The first-order valence-corrected chi connectivity index (χ1v) is 8.01. The van der Waals surface area contributed by atoms with Crippen LogP contribution in [0.5, 0.6) is 0 Å². The van der Waals surface area contributed by atoms with E-state index < -0.39 is 22.9 Å². The highest BCUT2D eigenvalue weighted by molar-refractivity contribution is 6.03. The van der Waals surface area contributed by atoms with Crippen LogP contribution in [0.15, 0.2) is 52.9 Å². The van der Waals surface area contributed by atoms with Crippen molar-refractivity contribution in [3.63, 3.8) is 0 Å². The van der Waals surface area contributed by atoms with E-state index in [1.807, 2.05) is 0 Å². The zero-order valence-corrected chi connectivity index (χ0v) is 14.6. The Bertz CT molecular complexity index is 1090. The third-order valence-corrected chi connectivity index (χ3v) is 3.63. The van der Waals surface area contributed by atoms with Gasteiger partial charge < -0.3 is 9.73 Å². The minimum absolute atomic E-state index is 0.00501. The summed E-state index contributed by atoms with van der Waals surface area (Å²) >= 11 is 0. The molecule has 3 rings (SSSR count). The molecule has 0 saturated carbocycles. The van der Waals surface area contributed by atoms with Crippen LogP contribution in [0.3, 0.4) is 0 Å². The van der Waals surface area contributed by atoms with Gasteiger partial charge in [-0.1, -0.05) is 5.10 Å². The quantitative estimate of drug-likeness (QED) is 0.475. The molecule has 1 aromatic heterocycles. The Morgan fingerprint density at radius 2 is 1.60 bits per heavy atom. The van der Waals surface area contributed by atoms with E-state index in [-0.39, 0.29) is 28.8 Å². The number of rotatable bonds is 5. The van der Waals surface area contributed by atoms with Crippen molar-refractivity contribution >= 4 is 29.2 Å². The fourth-order valence-electron chi connectivity index (χ4n) is 2.19. The van der Waals surface area contributed by atoms with E-state index in [2.05, 4.69) is 15.5 Å². The number of non-ortho nitro benzene ring substituents is 1. The summed E-state index contributed by atoms with van der Waals surface area (Å²) in [5, 5.41) is 22.0. The van der Waals surface area contributed by atoms with Gasteiger partial charge in [-0.25, -0.2) is 0 Å². The van der Waals surface area contributed by atoms with E-state index in [0.717, 1.165) is 12.1 Å². The van der Waals surface area contributed by atoms with Gasteiger partial charge in [0.15, 0.2) is 0 Å². The molecule has 0 fully saturated rings. The standard InChI is InChI=1S/C17H10F3N5O5/c18-17(19,20)15(27)21-11-5-1-9(2-6-11)13(26)22-16-24-23-14(30-16)10-3-7-12(8-4-10)25(28)29/h1-8H,(H,21,27)(H,22,24,26). The molecule has 1 heterocycles. The number of carbonyl (C=O) groups excluding carboxylic acids is 2. The smallest absolute Gasteiger partial charge is 0.403 e. The second-order valence-electron chi connectivity index (χ2n) is 5.70. The number of hydrogen-bond donors (Lipinski definition) is 2. The van der Waals surface area contributed by atoms with Crippen LogP contribution in [0.25, 0.3) is 11.5 Å². The molecule has 13 heteroatoms. The summed E-state index contributed by atoms with van der Waals surface area (Å²) in [6.45, 7) is 0. The van der Waals surface area contributed by atoms with E-state index >= 15 is 0 Å². The molecule has 0 aliphatic rings. The maximum Gasteiger partial charge on any atom is 0.471 e. The summed E-state index contributed by atoms with van der Waals surface area (Å²) in [6, 6.07) is 9.64. The predicted molar refractivity (Wildman–Crippen MR) is 95.5 cm³/mol. The number of anilines is 2. The molecule has 0 bridgehead atoms. The first-order valence-electron chi connectivity index (χ1n) is 8.01. The van der Waals surface area contributed by atoms with Gasteiger partial charge in [0, 0.05) is 28.9 Å². The molecule has 0 aliphatic carbocycles. The molecule has 154 valence electrons. The minimum Gasteiger partial charge on any atom is -0.403 e. The first-order chi connectivity index (χ1) is 14.1. The van der Waals surface area contributed by atoms with Gasteiger partial charge in [0.1, 0.15) is 0 Å². The topological polar surface area (TPSA) is 140 Å². The van der Waals surface area contributed by atoms with Crippen LogP contribution < -0.4 is 10.6 Å². The van der Waals surface area contributed by atoms with Crippen molar-refractivity contribution in [1.82, 2.24) is 10.2 Å². The molecule has 2 amide bonds. The Labute approximate surface area is 164 Å². The summed E-state index contributed by atoms with van der Waals surface area (Å²) in [4.78, 5) is 33.2. The Balaban J connectivity index is 1.65. The monoisotopic (exact) mass is 421 g/mol. The van der Waals surface area contributed by atoms with Crippen molar-refractivity contribution in [2.45, 2.75) is 6.18 Å². The number of aromatic nitrogens is 2. The van der Waals surface area contributed by atoms with Gasteiger partial charge in [-0.2, -0.15) is 13.2 Å². The van der Waals surface area contributed by atoms with E-state index in [1.54, 1.807) is 5.32 Å². The summed E-state index contributed by atoms with van der Waals surface area (Å²) in [5.74, 6) is -2.82. The molecular weight excluding hydrogens is 411 g/mol. The molecule has 2 aromatic carbocycles. The van der Waals surface area contributed by atoms with Gasteiger partial charge in [0.2, 0.25) is 5.89 Å². The molecule has 10 nitrogen and oxygen atoms in total. The third kappa shape index (κ3) is 4.76. The van der Waals surface area contributed by atoms with E-state index in [1.165, 1.54) is 36.4 Å². The number of hydrogen-bond acceptors (Lipinski definition) is 7. The minimum atomic E-state index is -5.03. The molecule has 0 aliphatic heterocycles. The van der Waals surface area contributed by atoms with Crippen LogP contribution in [-0.2, 0) is 4.79 Å². The fourth-order valence-corrected chi connectivity index (χ4v) is 2.19. The van der Waals surface area contributed by atoms with Gasteiger partial charge in [-0.3, -0.25) is 25.0 Å². The van der Waals surface area contributed by atoms with Crippen molar-refractivity contribution in [3.8, 4) is 11.5 Å². The number of nitrogens with zero attached hydrogens (tertiary/aromatic N) is 3. The van der Waals surface area contributed by atoms with Crippen LogP contribution in [0.2, 0.25) is 0 Å². The summed E-state index contributed by atoms with van der Waals surface area (Å²) in [7, 11) is 0. The Morgan fingerprint density at radius 3 is 2.17 bits per heavy atom. The lowest BCUT2D eigenvalue weighted by atomic mass is 10.2. The largest absolute Gasteiger partial charge is 0.471 e. The van der Waals surface area contributed by atoms with Crippen molar-refractivity contribution < 1.29 is 32.1 Å². The fraction of sp³-hybridized carbons (Fsp3) is 0.0588. The Kier molecular flexibility index (Phi) is 5.44. The van der Waals surface area contributed by atoms with Crippen molar-refractivity contribution in [3.05, 3.63) is 64.2 Å². The summed E-state index contributed by atoms with van der Waals surface area (Å²) < 4.78 is 42.0. The van der Waals surface area contributed by atoms with Crippen molar-refractivity contribution in [2.24, 2.45) is 0 Å². The van der Waals surface area contributed by atoms with Crippen LogP contribution >= 0.6 is 0 Å². The van der Waals surface area contributed by atoms with Gasteiger partial charge in [0.25, 0.3) is 11.6 Å². The average Bonchev–Trinajstić information content (AvgIpc) is 3.16. The van der Waals surface area contributed by atoms with Crippen LogP contribution in [0.4, 0.5) is 30.6 Å². The molecule has 30 heavy (non-hydrogen) atoms. The number of nitro groups is 1. The van der Waals surface area contributed by atoms with Gasteiger partial charge >= 0.3 is 18.1 Å². The van der Waals surface area contributed by atoms with Crippen molar-refractivity contribution in [2.75, 3.05) is 10.6 Å².